The molecular weight excluding hydrogens is 462 g/mol. The van der Waals surface area contributed by atoms with Crippen LogP contribution >= 0.6 is 31.9 Å². The van der Waals surface area contributed by atoms with Crippen LogP contribution in [0.25, 0.3) is 22.3 Å². The van der Waals surface area contributed by atoms with E-state index in [0.29, 0.717) is 0 Å². The average molecular weight is 479 g/mol. The van der Waals surface area contributed by atoms with Gasteiger partial charge >= 0.3 is 0 Å². The van der Waals surface area contributed by atoms with Crippen molar-refractivity contribution in [1.82, 2.24) is 0 Å². The largest absolute Gasteiger partial charge is 0.355 e. The van der Waals surface area contributed by atoms with Crippen molar-refractivity contribution in [2.24, 2.45) is 0 Å². The first-order valence-electron chi connectivity index (χ1n) is 8.68. The molecule has 3 heteroatoms. The molecule has 0 bridgehead atoms. The van der Waals surface area contributed by atoms with E-state index in [4.69, 9.17) is 0 Å². The molecule has 0 aliphatic carbocycles. The van der Waals surface area contributed by atoms with Gasteiger partial charge in [0.15, 0.2) is 0 Å². The highest BCUT2D eigenvalue weighted by Gasteiger charge is 2.14. The van der Waals surface area contributed by atoms with Gasteiger partial charge in [0.1, 0.15) is 0 Å². The fourth-order valence-electron chi connectivity index (χ4n) is 3.19. The predicted molar refractivity (Wildman–Crippen MR) is 122 cm³/mol. The summed E-state index contributed by atoms with van der Waals surface area (Å²) < 4.78 is 2.11. The van der Waals surface area contributed by atoms with Crippen LogP contribution in [0.4, 0.5) is 11.4 Å². The van der Waals surface area contributed by atoms with Crippen molar-refractivity contribution in [3.63, 3.8) is 0 Å². The molecule has 0 aromatic heterocycles. The van der Waals surface area contributed by atoms with E-state index >= 15 is 0 Å². The molecule has 0 spiro atoms. The molecule has 132 valence electrons. The highest BCUT2D eigenvalue weighted by molar-refractivity contribution is 9.10. The molecule has 0 heterocycles. The van der Waals surface area contributed by atoms with E-state index in [0.717, 1.165) is 25.9 Å². The van der Waals surface area contributed by atoms with Crippen LogP contribution in [0.5, 0.6) is 0 Å². The Bertz CT molecular complexity index is 1070. The first-order valence-corrected chi connectivity index (χ1v) is 10.3. The zero-order valence-electron chi connectivity index (χ0n) is 14.5. The number of anilines is 2. The summed E-state index contributed by atoms with van der Waals surface area (Å²) in [5, 5.41) is 3.57. The first kappa shape index (κ1) is 18.0. The lowest BCUT2D eigenvalue weighted by atomic mass is 9.93. The van der Waals surface area contributed by atoms with Gasteiger partial charge in [-0.05, 0) is 47.0 Å². The number of nitrogens with one attached hydrogen (secondary N) is 1. The van der Waals surface area contributed by atoms with Crippen LogP contribution < -0.4 is 5.32 Å². The fourth-order valence-corrected chi connectivity index (χ4v) is 4.17. The molecule has 0 atom stereocenters. The Morgan fingerprint density at radius 1 is 0.593 bits per heavy atom. The lowest BCUT2D eigenvalue weighted by Crippen LogP contribution is -1.95. The Kier molecular flexibility index (Phi) is 5.42. The molecule has 4 aromatic carbocycles. The van der Waals surface area contributed by atoms with Crippen LogP contribution in [0.1, 0.15) is 0 Å². The normalized spacial score (nSPS) is 10.6. The van der Waals surface area contributed by atoms with Crippen molar-refractivity contribution in [1.29, 1.82) is 0 Å². The predicted octanol–water partition coefficient (Wildman–Crippen LogP) is 8.29. The van der Waals surface area contributed by atoms with Crippen molar-refractivity contribution in [3.05, 3.63) is 106 Å². The maximum atomic E-state index is 3.77. The average Bonchev–Trinajstić information content (AvgIpc) is 2.69. The minimum atomic E-state index is 1.04. The van der Waals surface area contributed by atoms with Crippen LogP contribution in [0.3, 0.4) is 0 Å². The second-order valence-electron chi connectivity index (χ2n) is 6.21. The van der Waals surface area contributed by atoms with Crippen molar-refractivity contribution in [2.45, 2.75) is 0 Å². The molecule has 4 aromatic rings. The van der Waals surface area contributed by atoms with Crippen LogP contribution in [0.15, 0.2) is 106 Å². The monoisotopic (exact) mass is 477 g/mol. The third-order valence-electron chi connectivity index (χ3n) is 4.40. The van der Waals surface area contributed by atoms with Gasteiger partial charge in [-0.2, -0.15) is 0 Å². The first-order chi connectivity index (χ1) is 13.2. The molecule has 4 rings (SSSR count). The van der Waals surface area contributed by atoms with Crippen molar-refractivity contribution >= 4 is 43.2 Å². The summed E-state index contributed by atoms with van der Waals surface area (Å²) in [6, 6.07) is 33.5. The van der Waals surface area contributed by atoms with Crippen LogP contribution in [0, 0.1) is 0 Å². The van der Waals surface area contributed by atoms with Gasteiger partial charge in [-0.3, -0.25) is 0 Å². The Balaban J connectivity index is 1.86. The highest BCUT2D eigenvalue weighted by atomic mass is 79.9. The molecule has 0 aliphatic rings. The second-order valence-corrected chi connectivity index (χ2v) is 7.98. The van der Waals surface area contributed by atoms with Crippen LogP contribution in [0.2, 0.25) is 0 Å². The maximum absolute atomic E-state index is 3.77. The van der Waals surface area contributed by atoms with E-state index in [9.17, 15) is 0 Å². The van der Waals surface area contributed by atoms with Crippen LogP contribution in [-0.2, 0) is 0 Å². The molecule has 27 heavy (non-hydrogen) atoms. The molecule has 0 saturated carbocycles. The molecule has 0 radical (unpaired) electrons. The fraction of sp³-hybridized carbons (Fsp3) is 0. The summed E-state index contributed by atoms with van der Waals surface area (Å²) in [6.45, 7) is 0. The molecule has 0 fully saturated rings. The summed E-state index contributed by atoms with van der Waals surface area (Å²) in [6.07, 6.45) is 0. The Morgan fingerprint density at radius 3 is 2.07 bits per heavy atom. The quantitative estimate of drug-likeness (QED) is 0.311. The Morgan fingerprint density at radius 2 is 1.30 bits per heavy atom. The summed E-state index contributed by atoms with van der Waals surface area (Å²) in [5.41, 5.74) is 6.86. The van der Waals surface area contributed by atoms with E-state index in [1.54, 1.807) is 0 Å². The van der Waals surface area contributed by atoms with Crippen LogP contribution in [-0.4, -0.2) is 0 Å². The Hall–Kier alpha value is -2.36. The van der Waals surface area contributed by atoms with E-state index in [1.807, 2.05) is 18.2 Å². The zero-order chi connectivity index (χ0) is 18.6. The lowest BCUT2D eigenvalue weighted by Gasteiger charge is -2.17. The maximum Gasteiger partial charge on any atom is 0.0475 e. The van der Waals surface area contributed by atoms with Gasteiger partial charge in [-0.1, -0.05) is 98.6 Å². The van der Waals surface area contributed by atoms with Gasteiger partial charge in [0.2, 0.25) is 0 Å². The number of halogens is 2. The molecular formula is C24H17Br2N. The smallest absolute Gasteiger partial charge is 0.0475 e. The molecule has 0 saturated heterocycles. The van der Waals surface area contributed by atoms with Gasteiger partial charge in [0, 0.05) is 25.9 Å². The zero-order valence-corrected chi connectivity index (χ0v) is 17.7. The third kappa shape index (κ3) is 4.00. The van der Waals surface area contributed by atoms with Crippen molar-refractivity contribution in [3.8, 4) is 22.3 Å². The topological polar surface area (TPSA) is 12.0 Å². The van der Waals surface area contributed by atoms with E-state index in [-0.39, 0.29) is 0 Å². The number of benzene rings is 4. The summed E-state index contributed by atoms with van der Waals surface area (Å²) in [4.78, 5) is 0. The number of rotatable bonds is 4. The molecule has 1 N–H and O–H groups in total. The third-order valence-corrected chi connectivity index (χ3v) is 5.55. The molecule has 0 amide bonds. The minimum absolute atomic E-state index is 1.04. The summed E-state index contributed by atoms with van der Waals surface area (Å²) >= 11 is 7.32. The van der Waals surface area contributed by atoms with Crippen molar-refractivity contribution < 1.29 is 0 Å². The van der Waals surface area contributed by atoms with Crippen molar-refractivity contribution in [2.75, 3.05) is 5.32 Å². The molecule has 1 nitrogen and oxygen atoms in total. The standard InChI is InChI=1S/C24H17Br2N/c25-18-10-6-11-19(16-18)27-23-15-7-14-22(26)24(23)21-13-5-4-12-20(21)17-8-2-1-3-9-17/h1-16,27H. The van der Waals surface area contributed by atoms with E-state index in [1.165, 1.54) is 16.7 Å². The summed E-state index contributed by atoms with van der Waals surface area (Å²) in [7, 11) is 0. The van der Waals surface area contributed by atoms with Gasteiger partial charge < -0.3 is 5.32 Å². The van der Waals surface area contributed by atoms with Gasteiger partial charge in [0.05, 0.1) is 0 Å². The Labute approximate surface area is 176 Å². The van der Waals surface area contributed by atoms with E-state index < -0.39 is 0 Å². The summed E-state index contributed by atoms with van der Waals surface area (Å²) in [5.74, 6) is 0. The van der Waals surface area contributed by atoms with Gasteiger partial charge in [-0.15, -0.1) is 0 Å². The SMILES string of the molecule is Brc1cccc(Nc2cccc(Br)c2-c2ccccc2-c2ccccc2)c1. The number of hydrogen-bond acceptors (Lipinski definition) is 1. The van der Waals surface area contributed by atoms with E-state index in [2.05, 4.69) is 116 Å². The second kappa shape index (κ2) is 8.12. The van der Waals surface area contributed by atoms with Gasteiger partial charge in [0.25, 0.3) is 0 Å². The van der Waals surface area contributed by atoms with Gasteiger partial charge in [-0.25, -0.2) is 0 Å². The minimum Gasteiger partial charge on any atom is -0.355 e. The molecule has 0 unspecified atom stereocenters. The highest BCUT2D eigenvalue weighted by Crippen LogP contribution is 2.41. The lowest BCUT2D eigenvalue weighted by molar-refractivity contribution is 1.50. The molecule has 0 aliphatic heterocycles. The number of hydrogen-bond donors (Lipinski definition) is 1.